The Morgan fingerprint density at radius 2 is 1.94 bits per heavy atom. The van der Waals surface area contributed by atoms with E-state index in [2.05, 4.69) is 30.8 Å². The Morgan fingerprint density at radius 3 is 2.72 bits per heavy atom. The molecule has 0 spiro atoms. The van der Waals surface area contributed by atoms with Gasteiger partial charge < -0.3 is 4.90 Å². The quantitative estimate of drug-likeness (QED) is 0.812. The van der Waals surface area contributed by atoms with Crippen LogP contribution in [-0.2, 0) is 4.79 Å². The van der Waals surface area contributed by atoms with Gasteiger partial charge in [0, 0.05) is 30.4 Å². The maximum absolute atomic E-state index is 11.2. The number of rotatable bonds is 1. The molecule has 5 heteroatoms. The van der Waals surface area contributed by atoms with Crippen molar-refractivity contribution in [1.29, 1.82) is 0 Å². The van der Waals surface area contributed by atoms with E-state index in [9.17, 15) is 4.79 Å². The first-order valence-corrected chi connectivity index (χ1v) is 6.71. The molecule has 1 aromatic carbocycles. The Bertz CT molecular complexity index is 604. The molecule has 92 valence electrons. The maximum atomic E-state index is 11.2. The van der Waals surface area contributed by atoms with E-state index >= 15 is 0 Å². The zero-order valence-electron chi connectivity index (χ0n) is 9.77. The van der Waals surface area contributed by atoms with Crippen LogP contribution in [0.1, 0.15) is 12.8 Å². The third kappa shape index (κ3) is 2.22. The molecular weight excluding hydrogens is 294 g/mol. The molecule has 1 saturated heterocycles. The third-order valence-electron chi connectivity index (χ3n) is 3.14. The van der Waals surface area contributed by atoms with Crippen molar-refractivity contribution in [3.05, 3.63) is 28.9 Å². The highest BCUT2D eigenvalue weighted by Gasteiger charge is 2.17. The van der Waals surface area contributed by atoms with Crippen molar-refractivity contribution in [2.45, 2.75) is 12.8 Å². The van der Waals surface area contributed by atoms with E-state index in [4.69, 9.17) is 0 Å². The first kappa shape index (κ1) is 11.6. The van der Waals surface area contributed by atoms with Crippen LogP contribution in [-0.4, -0.2) is 28.8 Å². The van der Waals surface area contributed by atoms with Crippen LogP contribution >= 0.6 is 15.9 Å². The Balaban J connectivity index is 1.95. The van der Waals surface area contributed by atoms with Crippen molar-refractivity contribution >= 4 is 38.6 Å². The molecule has 0 N–H and O–H groups in total. The summed E-state index contributed by atoms with van der Waals surface area (Å²) in [5, 5.41) is 0. The second kappa shape index (κ2) is 4.65. The average Bonchev–Trinajstić information content (AvgIpc) is 2.38. The summed E-state index contributed by atoms with van der Waals surface area (Å²) in [5.41, 5.74) is 1.76. The van der Waals surface area contributed by atoms with Crippen LogP contribution < -0.4 is 4.90 Å². The number of nitrogens with zero attached hydrogens (tertiary/aromatic N) is 3. The van der Waals surface area contributed by atoms with Crippen molar-refractivity contribution in [1.82, 2.24) is 9.97 Å². The summed E-state index contributed by atoms with van der Waals surface area (Å²) in [5.74, 6) is 1.19. The van der Waals surface area contributed by atoms with E-state index in [0.29, 0.717) is 18.6 Å². The molecule has 2 heterocycles. The van der Waals surface area contributed by atoms with Gasteiger partial charge in [0.15, 0.2) is 0 Å². The van der Waals surface area contributed by atoms with Gasteiger partial charge in [0.05, 0.1) is 17.2 Å². The van der Waals surface area contributed by atoms with Crippen LogP contribution in [0, 0.1) is 0 Å². The van der Waals surface area contributed by atoms with Gasteiger partial charge in [-0.25, -0.2) is 4.98 Å². The largest absolute Gasteiger partial charge is 0.354 e. The van der Waals surface area contributed by atoms with Gasteiger partial charge in [-0.15, -0.1) is 0 Å². The number of anilines is 1. The van der Waals surface area contributed by atoms with Crippen LogP contribution in [0.2, 0.25) is 0 Å². The number of Topliss-reactive ketones (excluding diaryl/α,β-unsaturated/α-hetero) is 1. The minimum Gasteiger partial charge on any atom is -0.354 e. The Hall–Kier alpha value is -1.49. The molecule has 0 aliphatic carbocycles. The van der Waals surface area contributed by atoms with Crippen LogP contribution in [0.15, 0.2) is 28.9 Å². The number of piperidine rings is 1. The van der Waals surface area contributed by atoms with Gasteiger partial charge in [-0.1, -0.05) is 15.9 Å². The van der Waals surface area contributed by atoms with Crippen LogP contribution in [0.5, 0.6) is 0 Å². The number of fused-ring (bicyclic) bond motifs is 1. The number of hydrogen-bond donors (Lipinski definition) is 0. The maximum Gasteiger partial charge on any atom is 0.147 e. The van der Waals surface area contributed by atoms with Crippen LogP contribution in [0.3, 0.4) is 0 Å². The molecule has 0 amide bonds. The molecule has 0 bridgehead atoms. The van der Waals surface area contributed by atoms with Gasteiger partial charge >= 0.3 is 0 Å². The molecule has 1 aliphatic heterocycles. The first-order valence-electron chi connectivity index (χ1n) is 5.91. The van der Waals surface area contributed by atoms with E-state index in [1.165, 1.54) is 0 Å². The second-order valence-corrected chi connectivity index (χ2v) is 5.30. The van der Waals surface area contributed by atoms with Crippen molar-refractivity contribution < 1.29 is 4.79 Å². The Morgan fingerprint density at radius 1 is 1.17 bits per heavy atom. The Kier molecular flexibility index (Phi) is 2.99. The molecule has 1 fully saturated rings. The number of hydrogen-bond acceptors (Lipinski definition) is 4. The number of halogens is 1. The summed E-state index contributed by atoms with van der Waals surface area (Å²) < 4.78 is 0.996. The predicted octanol–water partition coefficient (Wildman–Crippen LogP) is 2.56. The van der Waals surface area contributed by atoms with Gasteiger partial charge in [-0.3, -0.25) is 9.78 Å². The molecule has 18 heavy (non-hydrogen) atoms. The van der Waals surface area contributed by atoms with E-state index in [0.717, 1.165) is 34.4 Å². The lowest BCUT2D eigenvalue weighted by atomic mass is 10.1. The van der Waals surface area contributed by atoms with Crippen molar-refractivity contribution in [3.8, 4) is 0 Å². The summed E-state index contributed by atoms with van der Waals surface area (Å²) in [4.78, 5) is 22.4. The van der Waals surface area contributed by atoms with Gasteiger partial charge in [0.2, 0.25) is 0 Å². The normalized spacial score (nSPS) is 16.3. The molecule has 0 unspecified atom stereocenters. The molecule has 1 aromatic heterocycles. The fourth-order valence-electron chi connectivity index (χ4n) is 2.11. The molecule has 0 saturated carbocycles. The molecule has 2 aromatic rings. The minimum absolute atomic E-state index is 0.336. The summed E-state index contributed by atoms with van der Waals surface area (Å²) >= 11 is 3.43. The van der Waals surface area contributed by atoms with Crippen molar-refractivity contribution in [2.75, 3.05) is 18.0 Å². The van der Waals surface area contributed by atoms with Crippen LogP contribution in [0.25, 0.3) is 11.0 Å². The highest BCUT2D eigenvalue weighted by Crippen LogP contribution is 2.21. The predicted molar refractivity (Wildman–Crippen MR) is 73.7 cm³/mol. The number of aromatic nitrogens is 2. The van der Waals surface area contributed by atoms with E-state index in [1.54, 1.807) is 6.20 Å². The molecule has 4 nitrogen and oxygen atoms in total. The smallest absolute Gasteiger partial charge is 0.147 e. The lowest BCUT2D eigenvalue weighted by Gasteiger charge is -2.26. The van der Waals surface area contributed by atoms with E-state index in [1.807, 2.05) is 18.2 Å². The molecule has 3 rings (SSSR count). The van der Waals surface area contributed by atoms with Gasteiger partial charge in [0.25, 0.3) is 0 Å². The SMILES string of the molecule is O=C1CCN(c2cnc3ccc(Br)cc3n2)CC1. The van der Waals surface area contributed by atoms with Crippen molar-refractivity contribution in [3.63, 3.8) is 0 Å². The molecule has 0 radical (unpaired) electrons. The van der Waals surface area contributed by atoms with E-state index in [-0.39, 0.29) is 0 Å². The summed E-state index contributed by atoms with van der Waals surface area (Å²) in [6, 6.07) is 5.85. The number of carbonyl (C=O) groups is 1. The lowest BCUT2D eigenvalue weighted by molar-refractivity contribution is -0.119. The average molecular weight is 306 g/mol. The topological polar surface area (TPSA) is 46.1 Å². The monoisotopic (exact) mass is 305 g/mol. The molecule has 1 aliphatic rings. The summed E-state index contributed by atoms with van der Waals surface area (Å²) in [6.07, 6.45) is 3.00. The lowest BCUT2D eigenvalue weighted by Crippen LogP contribution is -2.34. The highest BCUT2D eigenvalue weighted by atomic mass is 79.9. The summed E-state index contributed by atoms with van der Waals surface area (Å²) in [6.45, 7) is 1.49. The number of carbonyl (C=O) groups excluding carboxylic acids is 1. The zero-order chi connectivity index (χ0) is 12.5. The fraction of sp³-hybridized carbons (Fsp3) is 0.308. The zero-order valence-corrected chi connectivity index (χ0v) is 11.4. The summed E-state index contributed by atoms with van der Waals surface area (Å²) in [7, 11) is 0. The highest BCUT2D eigenvalue weighted by molar-refractivity contribution is 9.10. The Labute approximate surface area is 113 Å². The molecular formula is C13H12BrN3O. The first-order chi connectivity index (χ1) is 8.72. The minimum atomic E-state index is 0.336. The number of ketones is 1. The van der Waals surface area contributed by atoms with E-state index < -0.39 is 0 Å². The van der Waals surface area contributed by atoms with Gasteiger partial charge in [-0.05, 0) is 18.2 Å². The second-order valence-electron chi connectivity index (χ2n) is 4.39. The number of benzene rings is 1. The fourth-order valence-corrected chi connectivity index (χ4v) is 2.46. The van der Waals surface area contributed by atoms with Crippen molar-refractivity contribution in [2.24, 2.45) is 0 Å². The van der Waals surface area contributed by atoms with Crippen LogP contribution in [0.4, 0.5) is 5.82 Å². The molecule has 0 atom stereocenters. The third-order valence-corrected chi connectivity index (χ3v) is 3.63. The standard InChI is InChI=1S/C13H12BrN3O/c14-9-1-2-11-12(7-9)16-13(8-15-11)17-5-3-10(18)4-6-17/h1-2,7-8H,3-6H2. The van der Waals surface area contributed by atoms with Gasteiger partial charge in [0.1, 0.15) is 11.6 Å². The van der Waals surface area contributed by atoms with Gasteiger partial charge in [-0.2, -0.15) is 0 Å².